The number of nitrogens with zero attached hydrogens (tertiary/aromatic N) is 3. The number of carbonyl (C=O) groups is 3. The fourth-order valence-corrected chi connectivity index (χ4v) is 7.02. The molecule has 2 atom stereocenters. The van der Waals surface area contributed by atoms with E-state index in [1.54, 1.807) is 12.4 Å². The van der Waals surface area contributed by atoms with Gasteiger partial charge in [-0.3, -0.25) is 19.4 Å². The summed E-state index contributed by atoms with van der Waals surface area (Å²) in [7, 11) is 4.38. The van der Waals surface area contributed by atoms with Gasteiger partial charge in [-0.25, -0.2) is 0 Å². The van der Waals surface area contributed by atoms with Crippen LogP contribution >= 0.6 is 0 Å². The van der Waals surface area contributed by atoms with Gasteiger partial charge >= 0.3 is 0 Å². The van der Waals surface area contributed by atoms with Gasteiger partial charge < -0.3 is 28.7 Å². The van der Waals surface area contributed by atoms with Crippen LogP contribution in [0.15, 0.2) is 85.2 Å². The van der Waals surface area contributed by atoms with Gasteiger partial charge in [0.1, 0.15) is 18.4 Å². The Balaban J connectivity index is 1.31. The van der Waals surface area contributed by atoms with Crippen LogP contribution in [0, 0.1) is 0 Å². The second-order valence-electron chi connectivity index (χ2n) is 12.6. The number of ether oxygens (including phenoxy) is 4. The number of amides is 2. The Kier molecular flexibility index (Phi) is 11.0. The lowest BCUT2D eigenvalue weighted by atomic mass is 9.85. The van der Waals surface area contributed by atoms with E-state index in [0.717, 1.165) is 48.1 Å². The molecular formula is C40H43N3O7. The van der Waals surface area contributed by atoms with Crippen molar-refractivity contribution >= 4 is 17.6 Å². The summed E-state index contributed by atoms with van der Waals surface area (Å²) in [4.78, 5) is 50.2. The van der Waals surface area contributed by atoms with E-state index in [1.807, 2.05) is 53.4 Å². The van der Waals surface area contributed by atoms with Crippen molar-refractivity contribution in [3.8, 4) is 23.0 Å². The number of Topliss-reactive ketones (excluding diaryl/α,β-unsaturated/α-hetero) is 1. The molecule has 10 nitrogen and oxygen atoms in total. The van der Waals surface area contributed by atoms with E-state index in [9.17, 15) is 14.4 Å². The van der Waals surface area contributed by atoms with Crippen molar-refractivity contribution in [1.82, 2.24) is 14.8 Å². The summed E-state index contributed by atoms with van der Waals surface area (Å²) < 4.78 is 22.5. The quantitative estimate of drug-likeness (QED) is 0.126. The summed E-state index contributed by atoms with van der Waals surface area (Å²) >= 11 is 0. The number of carbonyl (C=O) groups excluding carboxylic acids is 3. The van der Waals surface area contributed by atoms with Gasteiger partial charge in [0.15, 0.2) is 11.5 Å². The summed E-state index contributed by atoms with van der Waals surface area (Å²) in [6.45, 7) is 1.07. The van der Waals surface area contributed by atoms with Gasteiger partial charge in [-0.1, -0.05) is 36.4 Å². The molecule has 4 aromatic rings. The first-order valence-electron chi connectivity index (χ1n) is 17.1. The first-order chi connectivity index (χ1) is 24.4. The highest BCUT2D eigenvalue weighted by molar-refractivity contribution is 6.43. The lowest BCUT2D eigenvalue weighted by Crippen LogP contribution is -2.55. The number of benzene rings is 3. The smallest absolute Gasteiger partial charge is 0.295 e. The molecule has 1 fully saturated rings. The zero-order valence-corrected chi connectivity index (χ0v) is 28.8. The lowest BCUT2D eigenvalue weighted by molar-refractivity contribution is -0.148. The number of aryl methyl sites for hydroxylation is 1. The third-order valence-electron chi connectivity index (χ3n) is 9.58. The van der Waals surface area contributed by atoms with Gasteiger partial charge in [0.05, 0.1) is 27.4 Å². The Morgan fingerprint density at radius 2 is 1.56 bits per heavy atom. The molecule has 6 rings (SSSR count). The molecule has 260 valence electrons. The summed E-state index contributed by atoms with van der Waals surface area (Å²) in [5, 5.41) is 0. The second-order valence-corrected chi connectivity index (χ2v) is 12.6. The fraction of sp³-hybridized carbons (Fsp3) is 0.350. The Morgan fingerprint density at radius 1 is 0.820 bits per heavy atom. The number of hydrogen-bond acceptors (Lipinski definition) is 8. The van der Waals surface area contributed by atoms with Crippen LogP contribution in [0.3, 0.4) is 0 Å². The van der Waals surface area contributed by atoms with Crippen LogP contribution in [-0.4, -0.2) is 66.3 Å². The van der Waals surface area contributed by atoms with Gasteiger partial charge in [-0.2, -0.15) is 0 Å². The Hall–Kier alpha value is -5.38. The maximum absolute atomic E-state index is 14.9. The van der Waals surface area contributed by atoms with Gasteiger partial charge in [-0.15, -0.1) is 0 Å². The van der Waals surface area contributed by atoms with E-state index < -0.39 is 17.7 Å². The molecule has 2 aliphatic rings. The zero-order valence-electron chi connectivity index (χ0n) is 28.8. The third-order valence-corrected chi connectivity index (χ3v) is 9.58. The highest BCUT2D eigenvalue weighted by atomic mass is 16.5. The topological polar surface area (TPSA) is 108 Å². The number of pyridine rings is 1. The highest BCUT2D eigenvalue weighted by Gasteiger charge is 2.40. The van der Waals surface area contributed by atoms with E-state index in [2.05, 4.69) is 17.1 Å². The number of ketones is 1. The number of methoxy groups -OCH3 is 3. The Morgan fingerprint density at radius 3 is 2.26 bits per heavy atom. The normalized spacial score (nSPS) is 16.9. The average Bonchev–Trinajstić information content (AvgIpc) is 3.18. The molecule has 1 unspecified atom stereocenters. The van der Waals surface area contributed by atoms with Crippen molar-refractivity contribution in [3.05, 3.63) is 113 Å². The molecule has 0 radical (unpaired) electrons. The first kappa shape index (κ1) is 34.5. The third kappa shape index (κ3) is 7.44. The number of hydrogen-bond donors (Lipinski definition) is 0. The minimum absolute atomic E-state index is 0.0999. The zero-order chi connectivity index (χ0) is 35.0. The summed E-state index contributed by atoms with van der Waals surface area (Å²) in [5.41, 5.74) is 4.33. The summed E-state index contributed by atoms with van der Waals surface area (Å²) in [5.74, 6) is -0.0528. The molecule has 0 spiro atoms. The van der Waals surface area contributed by atoms with Gasteiger partial charge in [-0.05, 0) is 97.2 Å². The highest BCUT2D eigenvalue weighted by Crippen LogP contribution is 2.40. The van der Waals surface area contributed by atoms with E-state index in [1.165, 1.54) is 43.9 Å². The Bertz CT molecular complexity index is 1790. The van der Waals surface area contributed by atoms with E-state index >= 15 is 0 Å². The average molecular weight is 678 g/mol. The number of aromatic nitrogens is 1. The first-order valence-corrected chi connectivity index (χ1v) is 17.1. The number of likely N-dealkylation sites (tertiary alicyclic amines) is 1. The van der Waals surface area contributed by atoms with Crippen LogP contribution in [0.25, 0.3) is 0 Å². The molecule has 3 aromatic carbocycles. The fourth-order valence-electron chi connectivity index (χ4n) is 7.02. The van der Waals surface area contributed by atoms with Crippen molar-refractivity contribution < 1.29 is 33.3 Å². The van der Waals surface area contributed by atoms with Crippen LogP contribution in [0.1, 0.15) is 70.8 Å². The van der Waals surface area contributed by atoms with Crippen molar-refractivity contribution in [1.29, 1.82) is 0 Å². The van der Waals surface area contributed by atoms with Crippen molar-refractivity contribution in [2.75, 3.05) is 27.9 Å². The Labute approximate surface area is 292 Å². The molecule has 1 aliphatic heterocycles. The minimum atomic E-state index is -0.789. The molecule has 0 bridgehead atoms. The molecule has 2 heterocycles. The molecule has 0 N–H and O–H groups in total. The van der Waals surface area contributed by atoms with Crippen LogP contribution in [0.2, 0.25) is 0 Å². The summed E-state index contributed by atoms with van der Waals surface area (Å²) in [6, 6.07) is 21.8. The maximum atomic E-state index is 14.9. The monoisotopic (exact) mass is 677 g/mol. The molecule has 1 saturated heterocycles. The number of rotatable bonds is 12. The standard InChI is InChI=1S/C40H43N3O7/c1-47-35-22-30(23-36(48-2)38(35)49-3)37(44)40(46)42-21-8-7-13-34(42)39(45)43(25-27-10-5-4-6-11-27)33-14-9-12-29-15-16-31(24-32(29)33)50-26-28-17-19-41-20-18-28/h4-6,10-11,15-20,22-24,33-34H,7-9,12-14,21,25-26H2,1-3H3/t33?,34-/m0/s1. The molecule has 1 aromatic heterocycles. The van der Waals surface area contributed by atoms with E-state index in [0.29, 0.717) is 38.3 Å². The number of fused-ring (bicyclic) bond motifs is 1. The SMILES string of the molecule is COc1cc(C(=O)C(=O)N2CCCC[C@H]2C(=O)N(Cc2ccccc2)C2CCCc3ccc(OCc4ccncc4)cc32)cc(OC)c1OC. The molecule has 2 amide bonds. The predicted octanol–water partition coefficient (Wildman–Crippen LogP) is 6.36. The second kappa shape index (κ2) is 15.9. The molecular weight excluding hydrogens is 634 g/mol. The van der Waals surface area contributed by atoms with Crippen molar-refractivity contribution in [2.24, 2.45) is 0 Å². The van der Waals surface area contributed by atoms with Crippen molar-refractivity contribution in [3.63, 3.8) is 0 Å². The maximum Gasteiger partial charge on any atom is 0.295 e. The van der Waals surface area contributed by atoms with E-state index in [4.69, 9.17) is 18.9 Å². The minimum Gasteiger partial charge on any atom is -0.493 e. The van der Waals surface area contributed by atoms with Crippen LogP contribution in [0.4, 0.5) is 0 Å². The van der Waals surface area contributed by atoms with Crippen molar-refractivity contribution in [2.45, 2.75) is 63.8 Å². The molecule has 0 saturated carbocycles. The van der Waals surface area contributed by atoms with Gasteiger partial charge in [0.25, 0.3) is 11.7 Å². The largest absolute Gasteiger partial charge is 0.493 e. The van der Waals surface area contributed by atoms with Gasteiger partial charge in [0, 0.05) is 31.0 Å². The van der Waals surface area contributed by atoms with E-state index in [-0.39, 0.29) is 29.0 Å². The summed E-state index contributed by atoms with van der Waals surface area (Å²) in [6.07, 6.45) is 8.00. The van der Waals surface area contributed by atoms with Crippen LogP contribution in [-0.2, 0) is 29.2 Å². The van der Waals surface area contributed by atoms with Gasteiger partial charge in [0.2, 0.25) is 11.7 Å². The van der Waals surface area contributed by atoms with Crippen LogP contribution < -0.4 is 18.9 Å². The molecule has 1 aliphatic carbocycles. The predicted molar refractivity (Wildman–Crippen MR) is 187 cm³/mol. The molecule has 10 heteroatoms. The molecule has 50 heavy (non-hydrogen) atoms. The van der Waals surface area contributed by atoms with Crippen LogP contribution in [0.5, 0.6) is 23.0 Å². The number of piperidine rings is 1. The lowest BCUT2D eigenvalue weighted by Gasteiger charge is -2.42.